The fourth-order valence-electron chi connectivity index (χ4n) is 3.23. The van der Waals surface area contributed by atoms with E-state index in [4.69, 9.17) is 4.74 Å². The second-order valence-corrected chi connectivity index (χ2v) is 6.87. The average Bonchev–Trinajstić information content (AvgIpc) is 2.55. The van der Waals surface area contributed by atoms with E-state index >= 15 is 0 Å². The molecule has 3 heteroatoms. The van der Waals surface area contributed by atoms with Crippen LogP contribution in [0.2, 0.25) is 0 Å². The topological polar surface area (TPSA) is 12.5 Å². The lowest BCUT2D eigenvalue weighted by molar-refractivity contribution is -0.0802. The van der Waals surface area contributed by atoms with Gasteiger partial charge in [0.15, 0.2) is 0 Å². The largest absolute Gasteiger partial charge is 0.356 e. The molecule has 2 rings (SSSR count). The SMILES string of the molecule is CC1(C)OC(CCBr)CN1CC1CCCCC1. The van der Waals surface area contributed by atoms with Crippen LogP contribution in [-0.2, 0) is 4.74 Å². The van der Waals surface area contributed by atoms with Crippen LogP contribution in [0.1, 0.15) is 52.4 Å². The van der Waals surface area contributed by atoms with Crippen molar-refractivity contribution < 1.29 is 4.74 Å². The predicted molar refractivity (Wildman–Crippen MR) is 75.5 cm³/mol. The zero-order chi connectivity index (χ0) is 12.3. The van der Waals surface area contributed by atoms with E-state index in [0.29, 0.717) is 6.10 Å². The molecule has 17 heavy (non-hydrogen) atoms. The molecule has 0 bridgehead atoms. The van der Waals surface area contributed by atoms with Crippen LogP contribution in [0.3, 0.4) is 0 Å². The van der Waals surface area contributed by atoms with Crippen molar-refractivity contribution in [1.82, 2.24) is 4.90 Å². The van der Waals surface area contributed by atoms with Gasteiger partial charge in [-0.15, -0.1) is 0 Å². The highest BCUT2D eigenvalue weighted by Gasteiger charge is 2.39. The molecular formula is C14H26BrNO. The van der Waals surface area contributed by atoms with Crippen LogP contribution in [0.4, 0.5) is 0 Å². The minimum Gasteiger partial charge on any atom is -0.356 e. The summed E-state index contributed by atoms with van der Waals surface area (Å²) in [7, 11) is 0. The van der Waals surface area contributed by atoms with Gasteiger partial charge in [0.05, 0.1) is 6.10 Å². The molecule has 0 N–H and O–H groups in total. The molecule has 0 aromatic rings. The standard InChI is InChI=1S/C14H26BrNO/c1-14(2)16(11-13(17-14)8-9-15)10-12-6-4-3-5-7-12/h12-13H,3-11H2,1-2H3. The number of rotatable bonds is 4. The Bertz CT molecular complexity index is 238. The molecule has 2 aliphatic rings. The predicted octanol–water partition coefficient (Wildman–Crippen LogP) is 3.79. The lowest BCUT2D eigenvalue weighted by Gasteiger charge is -2.34. The van der Waals surface area contributed by atoms with Crippen molar-refractivity contribution in [1.29, 1.82) is 0 Å². The van der Waals surface area contributed by atoms with Crippen LogP contribution >= 0.6 is 15.9 Å². The number of nitrogens with zero attached hydrogens (tertiary/aromatic N) is 1. The zero-order valence-corrected chi connectivity index (χ0v) is 12.8. The Labute approximate surface area is 114 Å². The summed E-state index contributed by atoms with van der Waals surface area (Å²) in [5.41, 5.74) is -0.0513. The summed E-state index contributed by atoms with van der Waals surface area (Å²) in [6, 6.07) is 0. The first kappa shape index (κ1) is 13.8. The molecule has 0 radical (unpaired) electrons. The van der Waals surface area contributed by atoms with Gasteiger partial charge in [-0.05, 0) is 39.0 Å². The second kappa shape index (κ2) is 6.03. The van der Waals surface area contributed by atoms with Gasteiger partial charge in [0.1, 0.15) is 5.72 Å². The maximum Gasteiger partial charge on any atom is 0.116 e. The van der Waals surface area contributed by atoms with E-state index in [9.17, 15) is 0 Å². The van der Waals surface area contributed by atoms with Gasteiger partial charge in [0.25, 0.3) is 0 Å². The third-order valence-corrected chi connectivity index (χ3v) is 4.73. The number of alkyl halides is 1. The molecule has 2 nitrogen and oxygen atoms in total. The van der Waals surface area contributed by atoms with Crippen molar-refractivity contribution in [3.8, 4) is 0 Å². The molecule has 1 saturated heterocycles. The summed E-state index contributed by atoms with van der Waals surface area (Å²) in [6.45, 7) is 6.81. The monoisotopic (exact) mass is 303 g/mol. The van der Waals surface area contributed by atoms with Crippen molar-refractivity contribution in [2.45, 2.75) is 64.2 Å². The summed E-state index contributed by atoms with van der Waals surface area (Å²) in [5.74, 6) is 0.911. The highest BCUT2D eigenvalue weighted by Crippen LogP contribution is 2.32. The van der Waals surface area contributed by atoms with Crippen LogP contribution in [0.15, 0.2) is 0 Å². The van der Waals surface area contributed by atoms with E-state index in [-0.39, 0.29) is 5.72 Å². The maximum absolute atomic E-state index is 6.14. The molecule has 1 heterocycles. The van der Waals surface area contributed by atoms with Gasteiger partial charge in [-0.1, -0.05) is 35.2 Å². The first-order chi connectivity index (χ1) is 8.12. The molecule has 0 aromatic carbocycles. The van der Waals surface area contributed by atoms with Gasteiger partial charge in [-0.3, -0.25) is 4.90 Å². The Morgan fingerprint density at radius 1 is 1.24 bits per heavy atom. The Hall–Kier alpha value is 0.400. The normalized spacial score (nSPS) is 30.9. The highest BCUT2D eigenvalue weighted by molar-refractivity contribution is 9.09. The molecule has 0 aromatic heterocycles. The van der Waals surface area contributed by atoms with Crippen molar-refractivity contribution in [3.05, 3.63) is 0 Å². The van der Waals surface area contributed by atoms with E-state index in [0.717, 1.165) is 24.2 Å². The van der Waals surface area contributed by atoms with Crippen LogP contribution in [0, 0.1) is 5.92 Å². The van der Waals surface area contributed by atoms with Crippen LogP contribution < -0.4 is 0 Å². The molecule has 1 atom stereocenters. The molecular weight excluding hydrogens is 278 g/mol. The summed E-state index contributed by atoms with van der Waals surface area (Å²) in [6.07, 6.45) is 8.72. The van der Waals surface area contributed by atoms with E-state index in [1.165, 1.54) is 38.6 Å². The summed E-state index contributed by atoms with van der Waals surface area (Å²) < 4.78 is 6.14. The van der Waals surface area contributed by atoms with E-state index in [1.807, 2.05) is 0 Å². The molecule has 100 valence electrons. The smallest absolute Gasteiger partial charge is 0.116 e. The Morgan fingerprint density at radius 3 is 2.59 bits per heavy atom. The number of halogens is 1. The Balaban J connectivity index is 1.86. The van der Waals surface area contributed by atoms with Gasteiger partial charge in [-0.25, -0.2) is 0 Å². The van der Waals surface area contributed by atoms with Crippen LogP contribution in [0.25, 0.3) is 0 Å². The van der Waals surface area contributed by atoms with Crippen molar-refractivity contribution in [2.75, 3.05) is 18.4 Å². The summed E-state index contributed by atoms with van der Waals surface area (Å²) >= 11 is 3.52. The highest BCUT2D eigenvalue weighted by atomic mass is 79.9. The van der Waals surface area contributed by atoms with Crippen LogP contribution in [0.5, 0.6) is 0 Å². The third kappa shape index (κ3) is 3.68. The molecule has 1 unspecified atom stereocenters. The van der Waals surface area contributed by atoms with Crippen molar-refractivity contribution >= 4 is 15.9 Å². The van der Waals surface area contributed by atoms with Gasteiger partial charge in [0, 0.05) is 18.4 Å². The molecule has 0 spiro atoms. The number of ether oxygens (including phenoxy) is 1. The van der Waals surface area contributed by atoms with Crippen LogP contribution in [-0.4, -0.2) is 35.1 Å². The van der Waals surface area contributed by atoms with Gasteiger partial charge < -0.3 is 4.74 Å². The fourth-order valence-corrected chi connectivity index (χ4v) is 3.74. The van der Waals surface area contributed by atoms with E-state index < -0.39 is 0 Å². The maximum atomic E-state index is 6.14. The number of hydrogen-bond donors (Lipinski definition) is 0. The van der Waals surface area contributed by atoms with E-state index in [2.05, 4.69) is 34.7 Å². The molecule has 1 aliphatic heterocycles. The second-order valence-electron chi connectivity index (χ2n) is 6.07. The average molecular weight is 304 g/mol. The number of hydrogen-bond acceptors (Lipinski definition) is 2. The van der Waals surface area contributed by atoms with Crippen molar-refractivity contribution in [2.24, 2.45) is 5.92 Å². The molecule has 2 fully saturated rings. The molecule has 1 aliphatic carbocycles. The molecule has 0 amide bonds. The Morgan fingerprint density at radius 2 is 1.94 bits per heavy atom. The lowest BCUT2D eigenvalue weighted by atomic mass is 9.88. The minimum atomic E-state index is -0.0513. The van der Waals surface area contributed by atoms with Crippen molar-refractivity contribution in [3.63, 3.8) is 0 Å². The lowest BCUT2D eigenvalue weighted by Crippen LogP contribution is -2.42. The minimum absolute atomic E-state index is 0.0513. The van der Waals surface area contributed by atoms with Gasteiger partial charge in [0.2, 0.25) is 0 Å². The summed E-state index contributed by atoms with van der Waals surface area (Å²) in [5, 5.41) is 1.05. The van der Waals surface area contributed by atoms with Gasteiger partial charge in [-0.2, -0.15) is 0 Å². The third-order valence-electron chi connectivity index (χ3n) is 4.28. The zero-order valence-electron chi connectivity index (χ0n) is 11.3. The first-order valence-corrected chi connectivity index (χ1v) is 8.23. The Kier molecular flexibility index (Phi) is 4.90. The molecule has 1 saturated carbocycles. The summed E-state index contributed by atoms with van der Waals surface area (Å²) in [4.78, 5) is 2.57. The quantitative estimate of drug-likeness (QED) is 0.733. The first-order valence-electron chi connectivity index (χ1n) is 7.10. The van der Waals surface area contributed by atoms with E-state index in [1.54, 1.807) is 0 Å². The fraction of sp³-hybridized carbons (Fsp3) is 1.00. The van der Waals surface area contributed by atoms with Gasteiger partial charge >= 0.3 is 0 Å².